The predicted molar refractivity (Wildman–Crippen MR) is 18.5 cm³/mol. The fourth-order valence-electron chi connectivity index (χ4n) is 0. The summed E-state index contributed by atoms with van der Waals surface area (Å²) >= 11 is -0.285. The van der Waals surface area contributed by atoms with Crippen molar-refractivity contribution in [1.29, 1.82) is 0 Å². The molecule has 0 unspecified atom stereocenters. The summed E-state index contributed by atoms with van der Waals surface area (Å²) in [5.74, 6) is 0. The van der Waals surface area contributed by atoms with Crippen molar-refractivity contribution in [2.24, 2.45) is 0 Å². The summed E-state index contributed by atoms with van der Waals surface area (Å²) in [5.41, 5.74) is 0. The van der Waals surface area contributed by atoms with Gasteiger partial charge in [-0.1, -0.05) is 0 Å². The molecule has 0 bridgehead atoms. The van der Waals surface area contributed by atoms with E-state index in [0.717, 1.165) is 5.21 Å². The van der Waals surface area contributed by atoms with Crippen LogP contribution in [-0.2, 0) is 0 Å². The van der Waals surface area contributed by atoms with E-state index in [4.69, 9.17) is 4.10 Å². The van der Waals surface area contributed by atoms with E-state index in [9.17, 15) is 0 Å². The SMILES string of the molecule is CC[As]O. The molecule has 4 heavy (non-hydrogen) atoms. The molecule has 0 aromatic heterocycles. The van der Waals surface area contributed by atoms with Gasteiger partial charge in [0.05, 0.1) is 0 Å². The zero-order valence-electron chi connectivity index (χ0n) is 2.60. The van der Waals surface area contributed by atoms with Gasteiger partial charge < -0.3 is 0 Å². The van der Waals surface area contributed by atoms with Gasteiger partial charge in [0, 0.05) is 0 Å². The van der Waals surface area contributed by atoms with Gasteiger partial charge in [-0.15, -0.1) is 0 Å². The molecule has 0 atom stereocenters. The number of hydrogen-bond donors (Lipinski definition) is 1. The van der Waals surface area contributed by atoms with E-state index in [-0.39, 0.29) is 16.1 Å². The van der Waals surface area contributed by atoms with Crippen LogP contribution in [0.1, 0.15) is 6.92 Å². The molecule has 1 nitrogen and oxygen atoms in total. The van der Waals surface area contributed by atoms with Crippen molar-refractivity contribution in [3.05, 3.63) is 0 Å². The van der Waals surface area contributed by atoms with Gasteiger partial charge in [-0.05, 0) is 0 Å². The van der Waals surface area contributed by atoms with Gasteiger partial charge in [0.25, 0.3) is 0 Å². The van der Waals surface area contributed by atoms with Crippen LogP contribution < -0.4 is 0 Å². The van der Waals surface area contributed by atoms with Crippen LogP contribution in [0.5, 0.6) is 0 Å². The molecule has 25 valence electrons. The van der Waals surface area contributed by atoms with Crippen LogP contribution in [0.15, 0.2) is 0 Å². The second kappa shape index (κ2) is 3.52. The van der Waals surface area contributed by atoms with Crippen LogP contribution in [0.3, 0.4) is 0 Å². The van der Waals surface area contributed by atoms with E-state index in [0.29, 0.717) is 0 Å². The summed E-state index contributed by atoms with van der Waals surface area (Å²) < 4.78 is 7.97. The van der Waals surface area contributed by atoms with Crippen LogP contribution in [0.2, 0.25) is 5.21 Å². The van der Waals surface area contributed by atoms with Crippen LogP contribution in [-0.4, -0.2) is 20.2 Å². The molecule has 0 fully saturated rings. The fourth-order valence-corrected chi connectivity index (χ4v) is 0. The summed E-state index contributed by atoms with van der Waals surface area (Å²) in [6.07, 6.45) is 0. The van der Waals surface area contributed by atoms with E-state index in [1.54, 1.807) is 0 Å². The third kappa shape index (κ3) is 2.52. The van der Waals surface area contributed by atoms with E-state index >= 15 is 0 Å². The van der Waals surface area contributed by atoms with Gasteiger partial charge in [0.1, 0.15) is 0 Å². The van der Waals surface area contributed by atoms with Crippen molar-refractivity contribution in [2.75, 3.05) is 0 Å². The Hall–Kier alpha value is 0.518. The first-order valence-electron chi connectivity index (χ1n) is 1.22. The van der Waals surface area contributed by atoms with Crippen LogP contribution >= 0.6 is 0 Å². The summed E-state index contributed by atoms with van der Waals surface area (Å²) in [4.78, 5) is 0. The minimum atomic E-state index is -0.285. The number of rotatable bonds is 1. The molecular formula is C2H6AsO. The monoisotopic (exact) mass is 121 g/mol. The van der Waals surface area contributed by atoms with E-state index < -0.39 is 0 Å². The molecule has 0 saturated carbocycles. The van der Waals surface area contributed by atoms with Gasteiger partial charge in [-0.2, -0.15) is 0 Å². The summed E-state index contributed by atoms with van der Waals surface area (Å²) in [6, 6.07) is 0. The Bertz CT molecular complexity index is 8.00. The minimum absolute atomic E-state index is 0.285. The predicted octanol–water partition coefficient (Wildman–Crippen LogP) is 0.0361. The van der Waals surface area contributed by atoms with Crippen molar-refractivity contribution < 1.29 is 4.10 Å². The second-order valence-corrected chi connectivity index (χ2v) is 2.38. The maximum atomic E-state index is 7.97. The van der Waals surface area contributed by atoms with E-state index in [1.165, 1.54) is 0 Å². The first-order valence-corrected chi connectivity index (χ1v) is 3.39. The Balaban J connectivity index is 1.97. The van der Waals surface area contributed by atoms with Gasteiger partial charge in [-0.3, -0.25) is 0 Å². The van der Waals surface area contributed by atoms with Crippen LogP contribution in [0.4, 0.5) is 0 Å². The molecule has 0 heterocycles. The zero-order valence-corrected chi connectivity index (χ0v) is 4.48. The molecule has 0 aliphatic carbocycles. The van der Waals surface area contributed by atoms with E-state index in [2.05, 4.69) is 0 Å². The third-order valence-electron chi connectivity index (χ3n) is 0.141. The molecule has 0 amide bonds. The summed E-state index contributed by atoms with van der Waals surface area (Å²) in [6.45, 7) is 1.97. The molecule has 1 N–H and O–H groups in total. The molecule has 1 radical (unpaired) electrons. The number of hydrogen-bond acceptors (Lipinski definition) is 1. The fraction of sp³-hybridized carbons (Fsp3) is 1.00. The average molecular weight is 121 g/mol. The average Bonchev–Trinajstić information content (AvgIpc) is 1.37. The van der Waals surface area contributed by atoms with Crippen molar-refractivity contribution in [3.8, 4) is 0 Å². The Kier molecular flexibility index (Phi) is 3.97. The van der Waals surface area contributed by atoms with Crippen molar-refractivity contribution in [3.63, 3.8) is 0 Å². The topological polar surface area (TPSA) is 20.2 Å². The van der Waals surface area contributed by atoms with Crippen molar-refractivity contribution >= 4 is 16.1 Å². The molecule has 0 spiro atoms. The van der Waals surface area contributed by atoms with Crippen molar-refractivity contribution in [1.82, 2.24) is 0 Å². The third-order valence-corrected chi connectivity index (χ3v) is 0.735. The molecule has 0 saturated heterocycles. The maximum absolute atomic E-state index is 7.97. The molecule has 0 rings (SSSR count). The molecular weight excluding hydrogens is 115 g/mol. The first kappa shape index (κ1) is 4.52. The molecule has 0 aromatic rings. The van der Waals surface area contributed by atoms with Gasteiger partial charge in [0.15, 0.2) is 0 Å². The normalized spacial score (nSPS) is 10.5. The van der Waals surface area contributed by atoms with Gasteiger partial charge >= 0.3 is 32.3 Å². The Labute approximate surface area is 33.1 Å². The Morgan fingerprint density at radius 2 is 2.25 bits per heavy atom. The Morgan fingerprint density at radius 1 is 2.00 bits per heavy atom. The quantitative estimate of drug-likeness (QED) is 0.485. The zero-order chi connectivity index (χ0) is 3.41. The van der Waals surface area contributed by atoms with E-state index in [1.807, 2.05) is 6.92 Å². The molecule has 2 heteroatoms. The van der Waals surface area contributed by atoms with Gasteiger partial charge in [-0.25, -0.2) is 0 Å². The molecule has 0 aliphatic rings. The van der Waals surface area contributed by atoms with Crippen LogP contribution in [0, 0.1) is 0 Å². The molecule has 0 aromatic carbocycles. The van der Waals surface area contributed by atoms with Crippen LogP contribution in [0.25, 0.3) is 0 Å². The molecule has 0 aliphatic heterocycles. The standard InChI is InChI=1S/C2H6AsO/c1-2-3-4/h4H,2H2,1H3. The Morgan fingerprint density at radius 3 is 2.25 bits per heavy atom. The summed E-state index contributed by atoms with van der Waals surface area (Å²) in [7, 11) is 0. The van der Waals surface area contributed by atoms with Gasteiger partial charge in [0.2, 0.25) is 0 Å². The van der Waals surface area contributed by atoms with Crippen molar-refractivity contribution in [2.45, 2.75) is 12.1 Å². The second-order valence-electron chi connectivity index (χ2n) is 0.458. The first-order chi connectivity index (χ1) is 1.91. The summed E-state index contributed by atoms with van der Waals surface area (Å²) in [5, 5.41) is 0.969.